The molecular formula is C15H13N3O2S. The molecule has 0 atom stereocenters. The van der Waals surface area contributed by atoms with E-state index in [2.05, 4.69) is 10.2 Å². The summed E-state index contributed by atoms with van der Waals surface area (Å²) in [4.78, 5) is 0. The highest BCUT2D eigenvalue weighted by Gasteiger charge is 2.12. The molecule has 3 aromatic rings. The molecule has 0 spiro atoms. The summed E-state index contributed by atoms with van der Waals surface area (Å²) in [7, 11) is 0. The van der Waals surface area contributed by atoms with Crippen LogP contribution in [0, 0.1) is 4.77 Å². The average molecular weight is 299 g/mol. The van der Waals surface area contributed by atoms with Gasteiger partial charge in [-0.05, 0) is 36.5 Å². The molecule has 0 fully saturated rings. The number of H-pyrrole nitrogens is 1. The summed E-state index contributed by atoms with van der Waals surface area (Å²) in [5.41, 5.74) is 0.726. The highest BCUT2D eigenvalue weighted by atomic mass is 32.1. The Hall–Kier alpha value is -2.44. The van der Waals surface area contributed by atoms with Crippen LogP contribution in [0.5, 0.6) is 11.5 Å². The minimum absolute atomic E-state index is 0.215. The molecule has 21 heavy (non-hydrogen) atoms. The fourth-order valence-corrected chi connectivity index (χ4v) is 2.28. The van der Waals surface area contributed by atoms with Gasteiger partial charge >= 0.3 is 0 Å². The molecule has 2 aromatic carbocycles. The lowest BCUT2D eigenvalue weighted by Crippen LogP contribution is -2.03. The smallest absolute Gasteiger partial charge is 0.200 e. The highest BCUT2D eigenvalue weighted by molar-refractivity contribution is 7.71. The van der Waals surface area contributed by atoms with Crippen LogP contribution in [0.3, 0.4) is 0 Å². The molecule has 1 heterocycles. The monoisotopic (exact) mass is 299 g/mol. The van der Waals surface area contributed by atoms with Gasteiger partial charge in [0.2, 0.25) is 0 Å². The highest BCUT2D eigenvalue weighted by Crippen LogP contribution is 2.28. The molecule has 0 aliphatic rings. The maximum Gasteiger partial charge on any atom is 0.200 e. The SMILES string of the molecule is OCc1n[nH]c(=S)n1-c1ccccc1Oc1ccccc1. The third-order valence-electron chi connectivity index (χ3n) is 2.96. The van der Waals surface area contributed by atoms with Crippen LogP contribution in [-0.2, 0) is 6.61 Å². The predicted octanol–water partition coefficient (Wildman–Crippen LogP) is 3.21. The number of aromatic nitrogens is 3. The molecule has 106 valence electrons. The molecule has 3 rings (SSSR count). The van der Waals surface area contributed by atoms with E-state index in [4.69, 9.17) is 17.0 Å². The first-order valence-corrected chi connectivity index (χ1v) is 6.80. The van der Waals surface area contributed by atoms with Crippen LogP contribution in [-0.4, -0.2) is 19.9 Å². The Morgan fingerprint density at radius 2 is 1.81 bits per heavy atom. The van der Waals surface area contributed by atoms with E-state index in [0.717, 1.165) is 11.4 Å². The number of hydrogen-bond acceptors (Lipinski definition) is 4. The van der Waals surface area contributed by atoms with Crippen LogP contribution in [0.1, 0.15) is 5.82 Å². The first kappa shape index (κ1) is 13.5. The Balaban J connectivity index is 2.08. The molecule has 5 nitrogen and oxygen atoms in total. The number of benzene rings is 2. The van der Waals surface area contributed by atoms with Gasteiger partial charge in [-0.25, -0.2) is 0 Å². The van der Waals surface area contributed by atoms with Crippen molar-refractivity contribution in [3.05, 3.63) is 65.2 Å². The third kappa shape index (κ3) is 2.72. The Morgan fingerprint density at radius 1 is 1.10 bits per heavy atom. The summed E-state index contributed by atoms with van der Waals surface area (Å²) in [5, 5.41) is 16.1. The number of hydrogen-bond donors (Lipinski definition) is 2. The Labute approximate surface area is 126 Å². The van der Waals surface area contributed by atoms with Crippen molar-refractivity contribution >= 4 is 12.2 Å². The molecular weight excluding hydrogens is 286 g/mol. The molecule has 6 heteroatoms. The lowest BCUT2D eigenvalue weighted by atomic mass is 10.2. The Morgan fingerprint density at radius 3 is 2.57 bits per heavy atom. The van der Waals surface area contributed by atoms with E-state index in [0.29, 0.717) is 16.3 Å². The van der Waals surface area contributed by atoms with Crippen molar-refractivity contribution in [3.8, 4) is 17.2 Å². The average Bonchev–Trinajstić information content (AvgIpc) is 2.90. The molecule has 1 aromatic heterocycles. The minimum atomic E-state index is -0.215. The first-order chi connectivity index (χ1) is 10.3. The summed E-state index contributed by atoms with van der Waals surface area (Å²) in [6.45, 7) is -0.215. The zero-order chi connectivity index (χ0) is 14.7. The topological polar surface area (TPSA) is 63.1 Å². The molecule has 0 saturated heterocycles. The van der Waals surface area contributed by atoms with E-state index in [-0.39, 0.29) is 6.61 Å². The summed E-state index contributed by atoms with van der Waals surface area (Å²) >= 11 is 5.22. The van der Waals surface area contributed by atoms with Gasteiger partial charge in [-0.1, -0.05) is 30.3 Å². The van der Waals surface area contributed by atoms with Crippen LogP contribution in [0.4, 0.5) is 0 Å². The van der Waals surface area contributed by atoms with E-state index in [1.807, 2.05) is 54.6 Å². The van der Waals surface area contributed by atoms with Crippen molar-refractivity contribution in [2.45, 2.75) is 6.61 Å². The van der Waals surface area contributed by atoms with Crippen molar-refractivity contribution < 1.29 is 9.84 Å². The van der Waals surface area contributed by atoms with E-state index in [9.17, 15) is 5.11 Å². The summed E-state index contributed by atoms with van der Waals surface area (Å²) in [6, 6.07) is 16.9. The van der Waals surface area contributed by atoms with Gasteiger partial charge in [0.25, 0.3) is 0 Å². The number of aromatic amines is 1. The molecule has 0 amide bonds. The van der Waals surface area contributed by atoms with Gasteiger partial charge in [-0.3, -0.25) is 9.67 Å². The van der Waals surface area contributed by atoms with Crippen molar-refractivity contribution in [2.24, 2.45) is 0 Å². The van der Waals surface area contributed by atoms with Gasteiger partial charge < -0.3 is 9.84 Å². The number of ether oxygens (including phenoxy) is 1. The largest absolute Gasteiger partial charge is 0.455 e. The van der Waals surface area contributed by atoms with E-state index >= 15 is 0 Å². The molecule has 0 saturated carbocycles. The molecule has 0 aliphatic heterocycles. The quantitative estimate of drug-likeness (QED) is 0.726. The maximum absolute atomic E-state index is 9.38. The van der Waals surface area contributed by atoms with Gasteiger partial charge in [-0.2, -0.15) is 5.10 Å². The summed E-state index contributed by atoms with van der Waals surface area (Å²) in [6.07, 6.45) is 0. The van der Waals surface area contributed by atoms with Gasteiger partial charge in [0, 0.05) is 0 Å². The van der Waals surface area contributed by atoms with Crippen LogP contribution >= 0.6 is 12.2 Å². The standard InChI is InChI=1S/C15H13N3O2S/c19-10-14-16-17-15(21)18(14)12-8-4-5-9-13(12)20-11-6-2-1-3-7-11/h1-9,19H,10H2,(H,17,21). The van der Waals surface area contributed by atoms with Crippen LogP contribution in [0.2, 0.25) is 0 Å². The Kier molecular flexibility index (Phi) is 3.81. The zero-order valence-electron chi connectivity index (χ0n) is 11.1. The van der Waals surface area contributed by atoms with Gasteiger partial charge in [0.15, 0.2) is 16.3 Å². The van der Waals surface area contributed by atoms with Crippen LogP contribution in [0.15, 0.2) is 54.6 Å². The normalized spacial score (nSPS) is 10.5. The van der Waals surface area contributed by atoms with E-state index < -0.39 is 0 Å². The number of rotatable bonds is 4. The second-order valence-corrected chi connectivity index (χ2v) is 4.71. The second-order valence-electron chi connectivity index (χ2n) is 4.32. The molecule has 0 bridgehead atoms. The third-order valence-corrected chi connectivity index (χ3v) is 3.23. The fourth-order valence-electron chi connectivity index (χ4n) is 2.03. The Bertz CT molecular complexity index is 796. The lowest BCUT2D eigenvalue weighted by molar-refractivity contribution is 0.268. The molecule has 0 aliphatic carbocycles. The number of para-hydroxylation sites is 3. The maximum atomic E-state index is 9.38. The second kappa shape index (κ2) is 5.90. The van der Waals surface area contributed by atoms with Gasteiger partial charge in [0.05, 0.1) is 5.69 Å². The fraction of sp³-hybridized carbons (Fsp3) is 0.0667. The summed E-state index contributed by atoms with van der Waals surface area (Å²) < 4.78 is 7.96. The van der Waals surface area contributed by atoms with E-state index in [1.165, 1.54) is 0 Å². The van der Waals surface area contributed by atoms with E-state index in [1.54, 1.807) is 4.57 Å². The van der Waals surface area contributed by atoms with Crippen molar-refractivity contribution in [1.29, 1.82) is 0 Å². The summed E-state index contributed by atoms with van der Waals surface area (Å²) in [5.74, 6) is 1.80. The van der Waals surface area contributed by atoms with Crippen molar-refractivity contribution in [3.63, 3.8) is 0 Å². The number of nitrogens with zero attached hydrogens (tertiary/aromatic N) is 2. The molecule has 0 radical (unpaired) electrons. The number of aliphatic hydroxyl groups excluding tert-OH is 1. The number of nitrogens with one attached hydrogen (secondary N) is 1. The lowest BCUT2D eigenvalue weighted by Gasteiger charge is -2.12. The van der Waals surface area contributed by atoms with Crippen LogP contribution < -0.4 is 4.74 Å². The van der Waals surface area contributed by atoms with Crippen molar-refractivity contribution in [2.75, 3.05) is 0 Å². The van der Waals surface area contributed by atoms with Crippen molar-refractivity contribution in [1.82, 2.24) is 14.8 Å². The predicted molar refractivity (Wildman–Crippen MR) is 81.2 cm³/mol. The number of aliphatic hydroxyl groups is 1. The van der Waals surface area contributed by atoms with Crippen LogP contribution in [0.25, 0.3) is 5.69 Å². The molecule has 0 unspecified atom stereocenters. The zero-order valence-corrected chi connectivity index (χ0v) is 11.9. The van der Waals surface area contributed by atoms with Gasteiger partial charge in [-0.15, -0.1) is 0 Å². The minimum Gasteiger partial charge on any atom is -0.455 e. The van der Waals surface area contributed by atoms with Gasteiger partial charge in [0.1, 0.15) is 12.4 Å². The first-order valence-electron chi connectivity index (χ1n) is 6.39. The molecule has 2 N–H and O–H groups in total.